The number of nitrogens with zero attached hydrogens (tertiary/aromatic N) is 2. The molecule has 5 heteroatoms. The first-order valence-electron chi connectivity index (χ1n) is 7.05. The molecule has 2 nitrogen and oxygen atoms in total. The van der Waals surface area contributed by atoms with Crippen molar-refractivity contribution in [2.75, 3.05) is 0 Å². The van der Waals surface area contributed by atoms with Gasteiger partial charge in [0.15, 0.2) is 5.82 Å². The zero-order valence-electron chi connectivity index (χ0n) is 11.7. The van der Waals surface area contributed by atoms with Crippen LogP contribution in [0.5, 0.6) is 0 Å². The Balaban J connectivity index is 2.10. The van der Waals surface area contributed by atoms with Crippen LogP contribution in [0, 0.1) is 16.3 Å². The molecule has 0 unspecified atom stereocenters. The molecule has 0 amide bonds. The van der Waals surface area contributed by atoms with Gasteiger partial charge in [0.25, 0.3) is 0 Å². The average molecular weight is 417 g/mol. The lowest BCUT2D eigenvalue weighted by Gasteiger charge is -2.14. The number of rotatable bonds is 2. The molecule has 0 aliphatic heterocycles. The van der Waals surface area contributed by atoms with Crippen LogP contribution in [-0.4, -0.2) is 9.97 Å². The number of halogens is 3. The SMILES string of the molecule is Cc1cc(F)ccc1-c1nc(Cl)c(I)c(C2CCCC2)n1. The van der Waals surface area contributed by atoms with Gasteiger partial charge in [-0.25, -0.2) is 14.4 Å². The van der Waals surface area contributed by atoms with E-state index in [1.54, 1.807) is 6.07 Å². The lowest BCUT2D eigenvalue weighted by Crippen LogP contribution is -2.05. The van der Waals surface area contributed by atoms with E-state index in [0.717, 1.165) is 33.2 Å². The molecule has 1 aliphatic carbocycles. The summed E-state index contributed by atoms with van der Waals surface area (Å²) in [5, 5.41) is 0.492. The summed E-state index contributed by atoms with van der Waals surface area (Å²) < 4.78 is 14.2. The molecule has 0 atom stereocenters. The van der Waals surface area contributed by atoms with Crippen LogP contribution in [0.1, 0.15) is 42.9 Å². The first-order chi connectivity index (χ1) is 10.1. The Kier molecular flexibility index (Phi) is 4.45. The summed E-state index contributed by atoms with van der Waals surface area (Å²) in [6.07, 6.45) is 4.80. The monoisotopic (exact) mass is 416 g/mol. The molecule has 0 bridgehead atoms. The van der Waals surface area contributed by atoms with Crippen LogP contribution in [0.2, 0.25) is 5.15 Å². The highest BCUT2D eigenvalue weighted by atomic mass is 127. The molecule has 1 heterocycles. The third-order valence-corrected chi connectivity index (χ3v) is 5.66. The second-order valence-corrected chi connectivity index (χ2v) is 6.91. The Morgan fingerprint density at radius 3 is 2.62 bits per heavy atom. The summed E-state index contributed by atoms with van der Waals surface area (Å²) in [7, 11) is 0. The number of aryl methyl sites for hydroxylation is 1. The van der Waals surface area contributed by atoms with E-state index in [2.05, 4.69) is 27.6 Å². The first kappa shape index (κ1) is 15.2. The van der Waals surface area contributed by atoms with Gasteiger partial charge in [-0.05, 0) is 66.1 Å². The van der Waals surface area contributed by atoms with Crippen molar-refractivity contribution in [3.05, 3.63) is 44.0 Å². The van der Waals surface area contributed by atoms with Crippen molar-refractivity contribution < 1.29 is 4.39 Å². The predicted octanol–water partition coefficient (Wildman–Crippen LogP) is 5.51. The highest BCUT2D eigenvalue weighted by Crippen LogP contribution is 2.38. The van der Waals surface area contributed by atoms with Crippen molar-refractivity contribution in [2.24, 2.45) is 0 Å². The minimum atomic E-state index is -0.246. The smallest absolute Gasteiger partial charge is 0.161 e. The normalized spacial score (nSPS) is 15.6. The zero-order chi connectivity index (χ0) is 15.0. The largest absolute Gasteiger partial charge is 0.232 e. The summed E-state index contributed by atoms with van der Waals surface area (Å²) in [6, 6.07) is 4.66. The van der Waals surface area contributed by atoms with Crippen LogP contribution >= 0.6 is 34.2 Å². The molecule has 0 spiro atoms. The first-order valence-corrected chi connectivity index (χ1v) is 8.51. The summed E-state index contributed by atoms with van der Waals surface area (Å²) in [4.78, 5) is 9.14. The lowest BCUT2D eigenvalue weighted by atomic mass is 10.0. The van der Waals surface area contributed by atoms with Gasteiger partial charge in [0.05, 0.1) is 9.26 Å². The van der Waals surface area contributed by atoms with Crippen LogP contribution in [0.4, 0.5) is 4.39 Å². The molecule has 1 fully saturated rings. The van der Waals surface area contributed by atoms with Gasteiger partial charge in [-0.1, -0.05) is 24.4 Å². The van der Waals surface area contributed by atoms with Gasteiger partial charge in [-0.3, -0.25) is 0 Å². The number of aromatic nitrogens is 2. The minimum Gasteiger partial charge on any atom is -0.232 e. The molecular formula is C16H15ClFIN2. The van der Waals surface area contributed by atoms with E-state index >= 15 is 0 Å². The topological polar surface area (TPSA) is 25.8 Å². The predicted molar refractivity (Wildman–Crippen MR) is 91.1 cm³/mol. The van der Waals surface area contributed by atoms with Crippen LogP contribution in [-0.2, 0) is 0 Å². The molecule has 0 N–H and O–H groups in total. The van der Waals surface area contributed by atoms with E-state index in [4.69, 9.17) is 16.6 Å². The fraction of sp³-hybridized carbons (Fsp3) is 0.375. The van der Waals surface area contributed by atoms with Gasteiger partial charge in [-0.15, -0.1) is 0 Å². The van der Waals surface area contributed by atoms with Gasteiger partial charge in [0.1, 0.15) is 11.0 Å². The second kappa shape index (κ2) is 6.16. The van der Waals surface area contributed by atoms with Crippen molar-refractivity contribution >= 4 is 34.2 Å². The zero-order valence-corrected chi connectivity index (χ0v) is 14.6. The Labute approximate surface area is 142 Å². The van der Waals surface area contributed by atoms with E-state index < -0.39 is 0 Å². The van der Waals surface area contributed by atoms with Gasteiger partial charge < -0.3 is 0 Å². The van der Waals surface area contributed by atoms with E-state index in [-0.39, 0.29) is 5.82 Å². The number of benzene rings is 1. The van der Waals surface area contributed by atoms with Crippen molar-refractivity contribution in [1.82, 2.24) is 9.97 Å². The van der Waals surface area contributed by atoms with Crippen LogP contribution < -0.4 is 0 Å². The van der Waals surface area contributed by atoms with E-state index in [1.165, 1.54) is 25.0 Å². The molecule has 1 aromatic heterocycles. The van der Waals surface area contributed by atoms with Crippen LogP contribution in [0.25, 0.3) is 11.4 Å². The summed E-state index contributed by atoms with van der Waals surface area (Å²) in [6.45, 7) is 1.86. The summed E-state index contributed by atoms with van der Waals surface area (Å²) >= 11 is 8.53. The van der Waals surface area contributed by atoms with E-state index in [1.807, 2.05) is 6.92 Å². The summed E-state index contributed by atoms with van der Waals surface area (Å²) in [5.74, 6) is 0.820. The fourth-order valence-corrected chi connectivity index (χ4v) is 3.76. The number of hydrogen-bond donors (Lipinski definition) is 0. The molecule has 1 aliphatic rings. The molecule has 110 valence electrons. The fourth-order valence-electron chi connectivity index (χ4n) is 2.90. The van der Waals surface area contributed by atoms with Crippen molar-refractivity contribution in [3.63, 3.8) is 0 Å². The molecule has 1 saturated carbocycles. The Bertz CT molecular complexity index is 684. The van der Waals surface area contributed by atoms with Crippen molar-refractivity contribution in [1.29, 1.82) is 0 Å². The van der Waals surface area contributed by atoms with Crippen molar-refractivity contribution in [2.45, 2.75) is 38.5 Å². The van der Waals surface area contributed by atoms with Crippen LogP contribution in [0.15, 0.2) is 18.2 Å². The van der Waals surface area contributed by atoms with Gasteiger partial charge in [0, 0.05) is 11.5 Å². The summed E-state index contributed by atoms with van der Waals surface area (Å²) in [5.41, 5.74) is 2.71. The maximum absolute atomic E-state index is 13.3. The van der Waals surface area contributed by atoms with E-state index in [0.29, 0.717) is 16.9 Å². The maximum Gasteiger partial charge on any atom is 0.161 e. The molecule has 3 rings (SSSR count). The maximum atomic E-state index is 13.3. The molecule has 21 heavy (non-hydrogen) atoms. The molecule has 0 saturated heterocycles. The Morgan fingerprint density at radius 1 is 1.24 bits per heavy atom. The Hall–Kier alpha value is -0.750. The third kappa shape index (κ3) is 3.06. The van der Waals surface area contributed by atoms with Gasteiger partial charge in [0.2, 0.25) is 0 Å². The molecular weight excluding hydrogens is 402 g/mol. The third-order valence-electron chi connectivity index (χ3n) is 4.01. The molecule has 2 aromatic rings. The van der Waals surface area contributed by atoms with Crippen LogP contribution in [0.3, 0.4) is 0 Å². The minimum absolute atomic E-state index is 0.246. The molecule has 1 aromatic carbocycles. The van der Waals surface area contributed by atoms with Gasteiger partial charge >= 0.3 is 0 Å². The van der Waals surface area contributed by atoms with E-state index in [9.17, 15) is 4.39 Å². The van der Waals surface area contributed by atoms with Gasteiger partial charge in [-0.2, -0.15) is 0 Å². The number of hydrogen-bond acceptors (Lipinski definition) is 2. The highest BCUT2D eigenvalue weighted by Gasteiger charge is 2.24. The lowest BCUT2D eigenvalue weighted by molar-refractivity contribution is 0.626. The average Bonchev–Trinajstić information content (AvgIpc) is 2.96. The molecule has 0 radical (unpaired) electrons. The second-order valence-electron chi connectivity index (χ2n) is 5.48. The Morgan fingerprint density at radius 2 is 1.95 bits per heavy atom. The highest BCUT2D eigenvalue weighted by molar-refractivity contribution is 14.1. The van der Waals surface area contributed by atoms with Crippen molar-refractivity contribution in [3.8, 4) is 11.4 Å². The standard InChI is InChI=1S/C16H15ClFIN2/c1-9-8-11(18)6-7-12(9)16-20-14(10-4-2-3-5-10)13(19)15(17)21-16/h6-8,10H,2-5H2,1H3. The quantitative estimate of drug-likeness (QED) is 0.477.